The van der Waals surface area contributed by atoms with E-state index in [9.17, 15) is 8.42 Å². The summed E-state index contributed by atoms with van der Waals surface area (Å²) in [6, 6.07) is 15.2. The third-order valence-corrected chi connectivity index (χ3v) is 5.63. The van der Waals surface area contributed by atoms with Gasteiger partial charge in [-0.1, -0.05) is 55.8 Å². The Hall–Kier alpha value is -2.60. The van der Waals surface area contributed by atoms with Gasteiger partial charge in [0.05, 0.1) is 23.3 Å². The molecule has 5 nitrogen and oxygen atoms in total. The number of aryl methyl sites for hydroxylation is 1. The molecule has 0 unspecified atom stereocenters. The van der Waals surface area contributed by atoms with Gasteiger partial charge in [0.2, 0.25) is 0 Å². The highest BCUT2D eigenvalue weighted by Gasteiger charge is 2.15. The van der Waals surface area contributed by atoms with Gasteiger partial charge in [-0.05, 0) is 42.5 Å². The van der Waals surface area contributed by atoms with Crippen molar-refractivity contribution < 1.29 is 8.42 Å². The molecule has 0 amide bonds. The van der Waals surface area contributed by atoms with Gasteiger partial charge in [0.25, 0.3) is 10.0 Å². The average molecular weight is 384 g/mol. The Morgan fingerprint density at radius 1 is 1.00 bits per heavy atom. The van der Waals surface area contributed by atoms with Crippen LogP contribution in [0.1, 0.15) is 30.5 Å². The molecular weight excluding hydrogens is 358 g/mol. The summed E-state index contributed by atoms with van der Waals surface area (Å²) in [7, 11) is -3.63. The minimum atomic E-state index is -3.63. The molecule has 0 spiro atoms. The normalized spacial score (nSPS) is 11.7. The number of anilines is 1. The third kappa shape index (κ3) is 5.20. The molecule has 142 valence electrons. The molecule has 0 saturated carbocycles. The molecule has 0 bridgehead atoms. The van der Waals surface area contributed by atoms with Gasteiger partial charge in [-0.2, -0.15) is 5.10 Å². The predicted octanol–water partition coefficient (Wildman–Crippen LogP) is 4.24. The zero-order valence-corrected chi connectivity index (χ0v) is 16.7. The fourth-order valence-electron chi connectivity index (χ4n) is 2.87. The average Bonchev–Trinajstić information content (AvgIpc) is 3.03. The number of hydrogen-bond donors (Lipinski definition) is 1. The van der Waals surface area contributed by atoms with Gasteiger partial charge in [0, 0.05) is 6.20 Å². The van der Waals surface area contributed by atoms with Crippen LogP contribution in [0.15, 0.2) is 65.8 Å². The topological polar surface area (TPSA) is 64.0 Å². The second kappa shape index (κ2) is 7.96. The van der Waals surface area contributed by atoms with E-state index >= 15 is 0 Å². The molecule has 0 aliphatic carbocycles. The minimum absolute atomic E-state index is 0.251. The van der Waals surface area contributed by atoms with Crippen LogP contribution in [0.5, 0.6) is 0 Å². The first-order valence-electron chi connectivity index (χ1n) is 9.01. The number of nitrogens with one attached hydrogen (secondary N) is 1. The molecule has 0 aliphatic heterocycles. The van der Waals surface area contributed by atoms with Crippen molar-refractivity contribution >= 4 is 15.7 Å². The lowest BCUT2D eigenvalue weighted by atomic mass is 10.0. The van der Waals surface area contributed by atoms with Gasteiger partial charge < -0.3 is 0 Å². The lowest BCUT2D eigenvalue weighted by Gasteiger charge is -2.08. The fraction of sp³-hybridized carbons (Fsp3) is 0.286. The van der Waals surface area contributed by atoms with Crippen LogP contribution in [0.3, 0.4) is 0 Å². The van der Waals surface area contributed by atoms with Crippen LogP contribution in [0.25, 0.3) is 0 Å². The molecule has 1 N–H and O–H groups in total. The number of rotatable bonds is 7. The summed E-state index contributed by atoms with van der Waals surface area (Å²) in [4.78, 5) is 0.251. The Labute approximate surface area is 161 Å². The lowest BCUT2D eigenvalue weighted by Crippen LogP contribution is -2.12. The van der Waals surface area contributed by atoms with Crippen LogP contribution in [0.2, 0.25) is 0 Å². The van der Waals surface area contributed by atoms with Gasteiger partial charge in [-0.15, -0.1) is 0 Å². The smallest absolute Gasteiger partial charge is 0.261 e. The van der Waals surface area contributed by atoms with E-state index in [1.807, 2.05) is 43.3 Å². The van der Waals surface area contributed by atoms with Crippen molar-refractivity contribution in [2.24, 2.45) is 5.92 Å². The van der Waals surface area contributed by atoms with E-state index in [0.717, 1.165) is 17.5 Å². The second-order valence-electron chi connectivity index (χ2n) is 7.26. The molecule has 3 aromatic rings. The maximum absolute atomic E-state index is 12.6. The highest BCUT2D eigenvalue weighted by atomic mass is 32.2. The number of hydrogen-bond acceptors (Lipinski definition) is 3. The zero-order chi connectivity index (χ0) is 19.4. The van der Waals surface area contributed by atoms with Gasteiger partial charge >= 0.3 is 0 Å². The van der Waals surface area contributed by atoms with E-state index in [2.05, 4.69) is 23.7 Å². The molecule has 6 heteroatoms. The van der Waals surface area contributed by atoms with Crippen molar-refractivity contribution in [2.45, 2.75) is 38.6 Å². The predicted molar refractivity (Wildman–Crippen MR) is 108 cm³/mol. The van der Waals surface area contributed by atoms with Gasteiger partial charge in [0.15, 0.2) is 0 Å². The van der Waals surface area contributed by atoms with Crippen LogP contribution in [0.4, 0.5) is 5.69 Å². The van der Waals surface area contributed by atoms with Crippen LogP contribution in [0, 0.1) is 12.8 Å². The van der Waals surface area contributed by atoms with Crippen molar-refractivity contribution in [2.75, 3.05) is 4.72 Å². The molecule has 0 fully saturated rings. The summed E-state index contributed by atoms with van der Waals surface area (Å²) < 4.78 is 29.5. The van der Waals surface area contributed by atoms with Gasteiger partial charge in [0.1, 0.15) is 0 Å². The summed E-state index contributed by atoms with van der Waals surface area (Å²) in [5.74, 6) is 0.532. The Morgan fingerprint density at radius 3 is 2.26 bits per heavy atom. The van der Waals surface area contributed by atoms with Crippen molar-refractivity contribution in [1.82, 2.24) is 9.78 Å². The van der Waals surface area contributed by atoms with Crippen molar-refractivity contribution in [3.8, 4) is 0 Å². The molecular formula is C21H25N3O2S. The van der Waals surface area contributed by atoms with Crippen molar-refractivity contribution in [3.63, 3.8) is 0 Å². The number of sulfonamides is 1. The van der Waals surface area contributed by atoms with Crippen molar-refractivity contribution in [1.29, 1.82) is 0 Å². The summed E-state index contributed by atoms with van der Waals surface area (Å²) in [5.41, 5.74) is 3.90. The molecule has 1 aromatic heterocycles. The standard InChI is InChI=1S/C21H25N3O2S/c1-16(2)12-18-8-10-21(11-9-18)27(25,26)23-20-13-22-24(15-20)14-19-6-4-17(3)5-7-19/h4-11,13,15-16,23H,12,14H2,1-3H3. The molecule has 27 heavy (non-hydrogen) atoms. The first-order chi connectivity index (χ1) is 12.8. The van der Waals surface area contributed by atoms with E-state index in [4.69, 9.17) is 0 Å². The van der Waals surface area contributed by atoms with E-state index in [1.165, 1.54) is 11.8 Å². The molecule has 0 atom stereocenters. The fourth-order valence-corrected chi connectivity index (χ4v) is 3.90. The van der Waals surface area contributed by atoms with Crippen LogP contribution in [-0.2, 0) is 23.0 Å². The molecule has 0 aliphatic rings. The molecule has 2 aromatic carbocycles. The van der Waals surface area contributed by atoms with E-state index in [1.54, 1.807) is 23.0 Å². The monoisotopic (exact) mass is 383 g/mol. The Balaban J connectivity index is 1.69. The maximum atomic E-state index is 12.6. The van der Waals surface area contributed by atoms with E-state index in [0.29, 0.717) is 18.2 Å². The summed E-state index contributed by atoms with van der Waals surface area (Å²) in [6.45, 7) is 6.91. The Bertz CT molecular complexity index is 989. The Kier molecular flexibility index (Phi) is 5.65. The maximum Gasteiger partial charge on any atom is 0.261 e. The summed E-state index contributed by atoms with van der Waals surface area (Å²) in [6.07, 6.45) is 4.16. The number of nitrogens with zero attached hydrogens (tertiary/aromatic N) is 2. The van der Waals surface area contributed by atoms with Crippen LogP contribution < -0.4 is 4.72 Å². The van der Waals surface area contributed by atoms with Gasteiger partial charge in [-0.3, -0.25) is 9.40 Å². The zero-order valence-electron chi connectivity index (χ0n) is 15.9. The third-order valence-electron chi connectivity index (χ3n) is 4.23. The number of benzene rings is 2. The van der Waals surface area contributed by atoms with Crippen LogP contribution >= 0.6 is 0 Å². The Morgan fingerprint density at radius 2 is 1.63 bits per heavy atom. The molecule has 0 saturated heterocycles. The lowest BCUT2D eigenvalue weighted by molar-refractivity contribution is 0.601. The SMILES string of the molecule is Cc1ccc(Cn2cc(NS(=O)(=O)c3ccc(CC(C)C)cc3)cn2)cc1. The first kappa shape index (κ1) is 19.2. The van der Waals surface area contributed by atoms with Crippen molar-refractivity contribution in [3.05, 3.63) is 77.6 Å². The first-order valence-corrected chi connectivity index (χ1v) is 10.5. The summed E-state index contributed by atoms with van der Waals surface area (Å²) >= 11 is 0. The second-order valence-corrected chi connectivity index (χ2v) is 8.94. The highest BCUT2D eigenvalue weighted by molar-refractivity contribution is 7.92. The van der Waals surface area contributed by atoms with E-state index in [-0.39, 0.29) is 4.90 Å². The highest BCUT2D eigenvalue weighted by Crippen LogP contribution is 2.18. The molecule has 0 radical (unpaired) electrons. The van der Waals surface area contributed by atoms with E-state index < -0.39 is 10.0 Å². The quantitative estimate of drug-likeness (QED) is 0.664. The molecule has 3 rings (SSSR count). The minimum Gasteiger partial charge on any atom is -0.276 e. The largest absolute Gasteiger partial charge is 0.276 e. The van der Waals surface area contributed by atoms with Crippen LogP contribution in [-0.4, -0.2) is 18.2 Å². The number of aromatic nitrogens is 2. The van der Waals surface area contributed by atoms with Gasteiger partial charge in [-0.25, -0.2) is 8.42 Å². The summed E-state index contributed by atoms with van der Waals surface area (Å²) in [5, 5.41) is 4.25. The molecule has 1 heterocycles.